The van der Waals surface area contributed by atoms with Gasteiger partial charge in [0, 0.05) is 25.2 Å². The molecule has 0 radical (unpaired) electrons. The summed E-state index contributed by atoms with van der Waals surface area (Å²) in [6.07, 6.45) is 2.16. The molecule has 0 unspecified atom stereocenters. The van der Waals surface area contributed by atoms with Crippen LogP contribution in [0, 0.1) is 12.8 Å². The van der Waals surface area contributed by atoms with Gasteiger partial charge in [-0.05, 0) is 49.4 Å². The predicted octanol–water partition coefficient (Wildman–Crippen LogP) is 3.22. The van der Waals surface area contributed by atoms with E-state index >= 15 is 0 Å². The van der Waals surface area contributed by atoms with Gasteiger partial charge in [-0.2, -0.15) is 0 Å². The van der Waals surface area contributed by atoms with E-state index < -0.39 is 0 Å². The number of carbonyl (C=O) groups is 2. The number of nitrogens with one attached hydrogen (secondary N) is 1. The van der Waals surface area contributed by atoms with Crippen LogP contribution in [0.15, 0.2) is 42.5 Å². The van der Waals surface area contributed by atoms with Gasteiger partial charge in [0.05, 0.1) is 20.6 Å². The Hall–Kier alpha value is -3.02. The molecule has 0 saturated carbocycles. The number of nitrogens with zero attached hydrogens (tertiary/aromatic N) is 1. The molecule has 2 aromatic carbocycles. The molecule has 1 saturated heterocycles. The summed E-state index contributed by atoms with van der Waals surface area (Å²) in [5.41, 5.74) is 2.78. The van der Waals surface area contributed by atoms with Gasteiger partial charge in [0.25, 0.3) is 5.91 Å². The van der Waals surface area contributed by atoms with E-state index in [-0.39, 0.29) is 11.8 Å². The van der Waals surface area contributed by atoms with Crippen LogP contribution in [-0.4, -0.2) is 50.6 Å². The summed E-state index contributed by atoms with van der Waals surface area (Å²) in [6.45, 7) is 4.05. The van der Waals surface area contributed by atoms with Crippen molar-refractivity contribution in [3.8, 4) is 11.5 Å². The minimum Gasteiger partial charge on any atom is -0.493 e. The molecule has 30 heavy (non-hydrogen) atoms. The summed E-state index contributed by atoms with van der Waals surface area (Å²) in [4.78, 5) is 26.9. The van der Waals surface area contributed by atoms with Crippen molar-refractivity contribution in [2.45, 2.75) is 26.2 Å². The predicted molar refractivity (Wildman–Crippen MR) is 116 cm³/mol. The van der Waals surface area contributed by atoms with E-state index in [9.17, 15) is 9.59 Å². The molecule has 2 aromatic rings. The van der Waals surface area contributed by atoms with Crippen molar-refractivity contribution in [1.82, 2.24) is 10.2 Å². The molecule has 1 aliphatic heterocycles. The van der Waals surface area contributed by atoms with Crippen LogP contribution in [0.4, 0.5) is 0 Å². The zero-order valence-electron chi connectivity index (χ0n) is 17.9. The Morgan fingerprint density at radius 2 is 1.77 bits per heavy atom. The zero-order valence-corrected chi connectivity index (χ0v) is 17.9. The lowest BCUT2D eigenvalue weighted by atomic mass is 9.96. The molecule has 6 nitrogen and oxygen atoms in total. The summed E-state index contributed by atoms with van der Waals surface area (Å²) in [5.74, 6) is 1.59. The number of hydrogen-bond donors (Lipinski definition) is 1. The average molecular weight is 411 g/mol. The topological polar surface area (TPSA) is 67.9 Å². The van der Waals surface area contributed by atoms with Gasteiger partial charge in [0.15, 0.2) is 11.5 Å². The maximum atomic E-state index is 12.8. The molecule has 2 amide bonds. The SMILES string of the molecule is COc1ccc(C(=O)N2CCC(CNC(=O)Cc3cccc(C)c3)CC2)cc1OC. The molecule has 0 spiro atoms. The van der Waals surface area contributed by atoms with E-state index in [0.29, 0.717) is 49.0 Å². The highest BCUT2D eigenvalue weighted by molar-refractivity contribution is 5.95. The zero-order chi connectivity index (χ0) is 21.5. The molecular weight excluding hydrogens is 380 g/mol. The summed E-state index contributed by atoms with van der Waals surface area (Å²) in [5, 5.41) is 3.05. The van der Waals surface area contributed by atoms with Crippen LogP contribution in [-0.2, 0) is 11.2 Å². The molecule has 1 N–H and O–H groups in total. The van der Waals surface area contributed by atoms with E-state index in [0.717, 1.165) is 24.0 Å². The number of methoxy groups -OCH3 is 2. The minimum atomic E-state index is -0.00196. The Balaban J connectivity index is 1.46. The first-order chi connectivity index (χ1) is 14.5. The third-order valence-corrected chi connectivity index (χ3v) is 5.57. The van der Waals surface area contributed by atoms with Crippen molar-refractivity contribution >= 4 is 11.8 Å². The normalized spacial score (nSPS) is 14.3. The largest absolute Gasteiger partial charge is 0.493 e. The van der Waals surface area contributed by atoms with Crippen LogP contribution in [0.5, 0.6) is 11.5 Å². The minimum absolute atomic E-state index is 0.00196. The van der Waals surface area contributed by atoms with Crippen LogP contribution in [0.25, 0.3) is 0 Å². The maximum Gasteiger partial charge on any atom is 0.253 e. The molecule has 6 heteroatoms. The second kappa shape index (κ2) is 10.1. The quantitative estimate of drug-likeness (QED) is 0.761. The Labute approximate surface area is 178 Å². The van der Waals surface area contributed by atoms with Crippen molar-refractivity contribution in [2.75, 3.05) is 33.9 Å². The lowest BCUT2D eigenvalue weighted by Crippen LogP contribution is -2.41. The van der Waals surface area contributed by atoms with Crippen molar-refractivity contribution in [3.63, 3.8) is 0 Å². The molecule has 0 aliphatic carbocycles. The molecule has 160 valence electrons. The van der Waals surface area contributed by atoms with Crippen LogP contribution in [0.3, 0.4) is 0 Å². The molecule has 0 atom stereocenters. The maximum absolute atomic E-state index is 12.8. The van der Waals surface area contributed by atoms with Crippen molar-refractivity contribution < 1.29 is 19.1 Å². The van der Waals surface area contributed by atoms with Gasteiger partial charge in [0.2, 0.25) is 5.91 Å². The molecule has 0 bridgehead atoms. The molecule has 3 rings (SSSR count). The highest BCUT2D eigenvalue weighted by Crippen LogP contribution is 2.28. The highest BCUT2D eigenvalue weighted by atomic mass is 16.5. The van der Waals surface area contributed by atoms with E-state index in [1.165, 1.54) is 0 Å². The van der Waals surface area contributed by atoms with E-state index in [1.54, 1.807) is 32.4 Å². The first-order valence-electron chi connectivity index (χ1n) is 10.3. The van der Waals surface area contributed by atoms with Gasteiger partial charge < -0.3 is 19.7 Å². The fraction of sp³-hybridized carbons (Fsp3) is 0.417. The second-order valence-electron chi connectivity index (χ2n) is 7.78. The summed E-state index contributed by atoms with van der Waals surface area (Å²) in [6, 6.07) is 13.3. The molecular formula is C24H30N2O4. The number of likely N-dealkylation sites (tertiary alicyclic amines) is 1. The third-order valence-electron chi connectivity index (χ3n) is 5.57. The summed E-state index contributed by atoms with van der Waals surface area (Å²) in [7, 11) is 3.13. The van der Waals surface area contributed by atoms with Crippen LogP contribution < -0.4 is 14.8 Å². The molecule has 1 aliphatic rings. The van der Waals surface area contributed by atoms with Crippen molar-refractivity contribution in [2.24, 2.45) is 5.92 Å². The van der Waals surface area contributed by atoms with Gasteiger partial charge in [-0.1, -0.05) is 29.8 Å². The number of rotatable bonds is 7. The van der Waals surface area contributed by atoms with Gasteiger partial charge in [0.1, 0.15) is 0 Å². The molecule has 0 aromatic heterocycles. The smallest absolute Gasteiger partial charge is 0.253 e. The van der Waals surface area contributed by atoms with Gasteiger partial charge in [-0.15, -0.1) is 0 Å². The first kappa shape index (κ1) is 21.7. The summed E-state index contributed by atoms with van der Waals surface area (Å²) >= 11 is 0. The second-order valence-corrected chi connectivity index (χ2v) is 7.78. The van der Waals surface area contributed by atoms with Crippen LogP contribution in [0.2, 0.25) is 0 Å². The van der Waals surface area contributed by atoms with Gasteiger partial charge in [-0.3, -0.25) is 9.59 Å². The highest BCUT2D eigenvalue weighted by Gasteiger charge is 2.24. The van der Waals surface area contributed by atoms with Gasteiger partial charge >= 0.3 is 0 Å². The first-order valence-corrected chi connectivity index (χ1v) is 10.3. The Morgan fingerprint density at radius 1 is 1.03 bits per heavy atom. The molecule has 1 fully saturated rings. The fourth-order valence-corrected chi connectivity index (χ4v) is 3.82. The fourth-order valence-electron chi connectivity index (χ4n) is 3.82. The Bertz CT molecular complexity index is 889. The van der Waals surface area contributed by atoms with Crippen molar-refractivity contribution in [1.29, 1.82) is 0 Å². The van der Waals surface area contributed by atoms with Gasteiger partial charge in [-0.25, -0.2) is 0 Å². The lowest BCUT2D eigenvalue weighted by Gasteiger charge is -2.32. The number of aryl methyl sites for hydroxylation is 1. The number of piperidine rings is 1. The van der Waals surface area contributed by atoms with Crippen LogP contribution in [0.1, 0.15) is 34.3 Å². The number of amides is 2. The monoisotopic (exact) mass is 410 g/mol. The number of benzene rings is 2. The lowest BCUT2D eigenvalue weighted by molar-refractivity contribution is -0.120. The van der Waals surface area contributed by atoms with Crippen molar-refractivity contribution in [3.05, 3.63) is 59.2 Å². The van der Waals surface area contributed by atoms with E-state index in [1.807, 2.05) is 36.1 Å². The molecule has 1 heterocycles. The Morgan fingerprint density at radius 3 is 2.43 bits per heavy atom. The van der Waals surface area contributed by atoms with E-state index in [2.05, 4.69) is 5.32 Å². The summed E-state index contributed by atoms with van der Waals surface area (Å²) < 4.78 is 10.5. The number of carbonyl (C=O) groups excluding carboxylic acids is 2. The third kappa shape index (κ3) is 5.53. The Kier molecular flexibility index (Phi) is 7.33. The average Bonchev–Trinajstić information content (AvgIpc) is 2.77. The van der Waals surface area contributed by atoms with E-state index in [4.69, 9.17) is 9.47 Å². The number of hydrogen-bond acceptors (Lipinski definition) is 4. The number of ether oxygens (including phenoxy) is 2. The van der Waals surface area contributed by atoms with Crippen LogP contribution >= 0.6 is 0 Å². The standard InChI is InChI=1S/C24H30N2O4/c1-17-5-4-6-19(13-17)14-23(27)25-16-18-9-11-26(12-10-18)24(28)20-7-8-21(29-2)22(15-20)30-3/h4-8,13,15,18H,9-12,14,16H2,1-3H3,(H,25,27).